The fourth-order valence-electron chi connectivity index (χ4n) is 0.612. The Kier molecular flexibility index (Phi) is 7.04. The van der Waals surface area contributed by atoms with Crippen LogP contribution in [-0.2, 0) is 0 Å². The molecule has 2 heteroatoms. The molecule has 0 amide bonds. The van der Waals surface area contributed by atoms with Crippen LogP contribution in [0.5, 0.6) is 0 Å². The fourth-order valence-corrected chi connectivity index (χ4v) is 0.612. The molecule has 0 radical (unpaired) electrons. The topological polar surface area (TPSA) is 20.2 Å². The van der Waals surface area contributed by atoms with Crippen LogP contribution in [0.1, 0.15) is 33.6 Å². The minimum atomic E-state index is -0.450. The zero-order valence-corrected chi connectivity index (χ0v) is 5.36. The van der Waals surface area contributed by atoms with Crippen molar-refractivity contribution in [3.05, 3.63) is 0 Å². The van der Waals surface area contributed by atoms with Gasteiger partial charge in [0.15, 0.2) is 0 Å². The molecule has 1 nitrogen and oxygen atoms in total. The Morgan fingerprint density at radius 2 is 1.75 bits per heavy atom. The first-order chi connectivity index (χ1) is 3.06. The summed E-state index contributed by atoms with van der Waals surface area (Å²) >= 11 is 0. The zero-order chi connectivity index (χ0) is 5.91. The average molecular weight is 126 g/mol. The summed E-state index contributed by atoms with van der Waals surface area (Å²) in [4.78, 5) is 0. The molecule has 0 saturated carbocycles. The van der Waals surface area contributed by atoms with Crippen molar-refractivity contribution >= 4 is 29.6 Å². The molecular weight excluding hydrogens is 111 g/mol. The van der Waals surface area contributed by atoms with Gasteiger partial charge in [-0.15, -0.1) is 0 Å². The van der Waals surface area contributed by atoms with Gasteiger partial charge in [-0.3, -0.25) is 0 Å². The molecule has 0 aromatic heterocycles. The molecule has 8 heavy (non-hydrogen) atoms. The van der Waals surface area contributed by atoms with Gasteiger partial charge in [-0.1, -0.05) is 13.3 Å². The summed E-state index contributed by atoms with van der Waals surface area (Å²) in [5, 5.41) is 9.02. The second-order valence-electron chi connectivity index (χ2n) is 2.56. The molecular formula is C6H15NaO. The third-order valence-corrected chi connectivity index (χ3v) is 0.862. The molecule has 0 aliphatic heterocycles. The van der Waals surface area contributed by atoms with Gasteiger partial charge in [0, 0.05) is 0 Å². The van der Waals surface area contributed by atoms with Crippen molar-refractivity contribution in [1.82, 2.24) is 0 Å². The number of rotatable bonds is 2. The molecule has 0 saturated heterocycles. The summed E-state index contributed by atoms with van der Waals surface area (Å²) < 4.78 is 0. The van der Waals surface area contributed by atoms with Crippen molar-refractivity contribution in [2.45, 2.75) is 39.2 Å². The van der Waals surface area contributed by atoms with E-state index in [0.717, 1.165) is 12.8 Å². The molecule has 1 N–H and O–H groups in total. The van der Waals surface area contributed by atoms with Crippen LogP contribution in [0.15, 0.2) is 0 Å². The van der Waals surface area contributed by atoms with E-state index < -0.39 is 5.60 Å². The quantitative estimate of drug-likeness (QED) is 0.545. The van der Waals surface area contributed by atoms with Crippen LogP contribution in [-0.4, -0.2) is 40.3 Å². The third kappa shape index (κ3) is 10.0. The predicted octanol–water partition coefficient (Wildman–Crippen LogP) is 0.909. The van der Waals surface area contributed by atoms with Gasteiger partial charge < -0.3 is 5.11 Å². The van der Waals surface area contributed by atoms with Crippen LogP contribution < -0.4 is 0 Å². The van der Waals surface area contributed by atoms with Gasteiger partial charge in [0.25, 0.3) is 0 Å². The molecule has 46 valence electrons. The number of aliphatic hydroxyl groups is 1. The fraction of sp³-hybridized carbons (Fsp3) is 1.00. The van der Waals surface area contributed by atoms with E-state index in [1.165, 1.54) is 0 Å². The van der Waals surface area contributed by atoms with Crippen molar-refractivity contribution in [3.8, 4) is 0 Å². The van der Waals surface area contributed by atoms with Crippen molar-refractivity contribution in [2.24, 2.45) is 0 Å². The predicted molar refractivity (Wildman–Crippen MR) is 38.4 cm³/mol. The van der Waals surface area contributed by atoms with Crippen molar-refractivity contribution in [2.75, 3.05) is 0 Å². The van der Waals surface area contributed by atoms with Gasteiger partial charge in [-0.2, -0.15) is 0 Å². The van der Waals surface area contributed by atoms with E-state index in [9.17, 15) is 0 Å². The zero-order valence-electron chi connectivity index (χ0n) is 5.36. The monoisotopic (exact) mass is 126 g/mol. The van der Waals surface area contributed by atoms with Crippen LogP contribution in [0, 0.1) is 0 Å². The number of hydrogen-bond acceptors (Lipinski definition) is 1. The first-order valence-electron chi connectivity index (χ1n) is 2.78. The van der Waals surface area contributed by atoms with Crippen LogP contribution in [0.4, 0.5) is 0 Å². The third-order valence-electron chi connectivity index (χ3n) is 0.862. The molecule has 0 bridgehead atoms. The van der Waals surface area contributed by atoms with E-state index in [0.29, 0.717) is 0 Å². The Morgan fingerprint density at radius 3 is 1.75 bits per heavy atom. The molecule has 0 aliphatic carbocycles. The van der Waals surface area contributed by atoms with Crippen LogP contribution >= 0.6 is 0 Å². The maximum atomic E-state index is 9.02. The molecule has 0 aromatic rings. The molecule has 0 spiro atoms. The maximum absolute atomic E-state index is 9.02. The van der Waals surface area contributed by atoms with Gasteiger partial charge in [0.2, 0.25) is 0 Å². The second-order valence-corrected chi connectivity index (χ2v) is 2.56. The van der Waals surface area contributed by atoms with Gasteiger partial charge in [0.05, 0.1) is 5.60 Å². The van der Waals surface area contributed by atoms with Gasteiger partial charge in [-0.25, -0.2) is 0 Å². The van der Waals surface area contributed by atoms with Crippen molar-refractivity contribution in [3.63, 3.8) is 0 Å². The van der Waals surface area contributed by atoms with Gasteiger partial charge in [0.1, 0.15) is 0 Å². The molecule has 0 heterocycles. The summed E-state index contributed by atoms with van der Waals surface area (Å²) in [6, 6.07) is 0. The molecule has 0 aromatic carbocycles. The Labute approximate surface area is 73.8 Å². The van der Waals surface area contributed by atoms with E-state index in [2.05, 4.69) is 6.92 Å². The summed E-state index contributed by atoms with van der Waals surface area (Å²) in [6.07, 6.45) is 1.95. The first kappa shape index (κ1) is 11.7. The first-order valence-corrected chi connectivity index (χ1v) is 2.78. The summed E-state index contributed by atoms with van der Waals surface area (Å²) in [5.74, 6) is 0. The second kappa shape index (κ2) is 4.80. The van der Waals surface area contributed by atoms with Crippen LogP contribution in [0.2, 0.25) is 0 Å². The van der Waals surface area contributed by atoms with E-state index >= 15 is 0 Å². The van der Waals surface area contributed by atoms with Crippen molar-refractivity contribution in [1.29, 1.82) is 0 Å². The van der Waals surface area contributed by atoms with Crippen LogP contribution in [0.3, 0.4) is 0 Å². The normalized spacial score (nSPS) is 10.5. The molecule has 0 aliphatic rings. The Morgan fingerprint density at radius 1 is 1.38 bits per heavy atom. The standard InChI is InChI=1S/C6H14O.Na.H/c1-4-5-6(2,3)7;;/h7H,4-5H2,1-3H3;;. The number of hydrogen-bond donors (Lipinski definition) is 1. The van der Waals surface area contributed by atoms with Gasteiger partial charge in [-0.05, 0) is 20.3 Å². The SMILES string of the molecule is CCCC(C)(C)O.[NaH]. The van der Waals surface area contributed by atoms with E-state index in [-0.39, 0.29) is 29.6 Å². The van der Waals surface area contributed by atoms with Crippen LogP contribution in [0.25, 0.3) is 0 Å². The van der Waals surface area contributed by atoms with Crippen molar-refractivity contribution < 1.29 is 5.11 Å². The summed E-state index contributed by atoms with van der Waals surface area (Å²) in [6.45, 7) is 5.73. The molecule has 0 unspecified atom stereocenters. The Balaban J connectivity index is 0. The summed E-state index contributed by atoms with van der Waals surface area (Å²) in [7, 11) is 0. The Hall–Kier alpha value is 0.960. The van der Waals surface area contributed by atoms with Gasteiger partial charge >= 0.3 is 29.6 Å². The van der Waals surface area contributed by atoms with E-state index in [1.807, 2.05) is 13.8 Å². The molecule has 0 atom stereocenters. The van der Waals surface area contributed by atoms with E-state index in [1.54, 1.807) is 0 Å². The van der Waals surface area contributed by atoms with E-state index in [4.69, 9.17) is 5.11 Å². The molecule has 0 fully saturated rings. The minimum absolute atomic E-state index is 0. The summed E-state index contributed by atoms with van der Waals surface area (Å²) in [5.41, 5.74) is -0.450. The average Bonchev–Trinajstić information content (AvgIpc) is 1.30. The Bertz CT molecular complexity index is 47.0. The molecule has 0 rings (SSSR count).